The van der Waals surface area contributed by atoms with Gasteiger partial charge in [-0.25, -0.2) is 8.42 Å². The Balaban J connectivity index is 2.19. The lowest BCUT2D eigenvalue weighted by molar-refractivity contribution is -0.207. The van der Waals surface area contributed by atoms with Gasteiger partial charge in [0.05, 0.1) is 17.5 Å². The molecule has 2 heterocycles. The second-order valence-electron chi connectivity index (χ2n) is 8.33. The number of nitrogens with zero attached hydrogens (tertiary/aromatic N) is 1. The van der Waals surface area contributed by atoms with E-state index in [1.807, 2.05) is 11.9 Å². The van der Waals surface area contributed by atoms with Gasteiger partial charge in [-0.1, -0.05) is 13.3 Å². The summed E-state index contributed by atoms with van der Waals surface area (Å²) in [5.74, 6) is 0.117. The molecule has 0 aromatic heterocycles. The van der Waals surface area contributed by atoms with Crippen molar-refractivity contribution in [3.8, 4) is 0 Å². The number of aliphatic hydroxyl groups excluding tert-OH is 3. The molecule has 2 aliphatic heterocycles. The highest BCUT2D eigenvalue weighted by Gasteiger charge is 2.51. The number of halogens is 1. The molecule has 2 fully saturated rings. The summed E-state index contributed by atoms with van der Waals surface area (Å²) in [4.78, 5) is 14.9. The predicted molar refractivity (Wildman–Crippen MR) is 108 cm³/mol. The molecule has 0 aliphatic carbocycles. The van der Waals surface area contributed by atoms with E-state index in [0.717, 1.165) is 25.6 Å². The Morgan fingerprint density at radius 1 is 1.28 bits per heavy atom. The minimum absolute atomic E-state index is 0.295. The van der Waals surface area contributed by atoms with Crippen LogP contribution in [0.4, 0.5) is 0 Å². The topological polar surface area (TPSA) is 136 Å². The molecule has 2 aliphatic rings. The molecule has 2 saturated heterocycles. The molecule has 0 radical (unpaired) electrons. The third-order valence-electron chi connectivity index (χ3n) is 5.82. The first kappa shape index (κ1) is 24.8. The zero-order valence-electron chi connectivity index (χ0n) is 17.2. The van der Waals surface area contributed by atoms with Crippen LogP contribution in [0.15, 0.2) is 0 Å². The summed E-state index contributed by atoms with van der Waals surface area (Å²) in [6.07, 6.45) is -2.88. The van der Waals surface area contributed by atoms with Crippen molar-refractivity contribution in [3.63, 3.8) is 0 Å². The molecular formula is C18H33ClN2O7S. The highest BCUT2D eigenvalue weighted by Crippen LogP contribution is 2.29. The number of aliphatic hydroxyl groups is 3. The lowest BCUT2D eigenvalue weighted by Crippen LogP contribution is -2.66. The molecule has 2 rings (SSSR count). The Morgan fingerprint density at radius 2 is 1.90 bits per heavy atom. The number of hydrogen-bond acceptors (Lipinski definition) is 8. The monoisotopic (exact) mass is 456 g/mol. The van der Waals surface area contributed by atoms with Crippen LogP contribution >= 0.6 is 11.6 Å². The summed E-state index contributed by atoms with van der Waals surface area (Å²) >= 11 is 6.24. The van der Waals surface area contributed by atoms with Crippen molar-refractivity contribution in [2.75, 3.05) is 19.8 Å². The van der Waals surface area contributed by atoms with Gasteiger partial charge in [0.2, 0.25) is 5.91 Å². The summed E-state index contributed by atoms with van der Waals surface area (Å²) in [7, 11) is -2.03. The number of amides is 1. The minimum Gasteiger partial charge on any atom is -0.388 e. The second kappa shape index (κ2) is 9.76. The molecule has 0 aromatic carbocycles. The SMILES string of the molecule is CCCC1CC(C(=O)NC(C(C)Cl)C2OC(S(C)(=O)=O)C(O)C(O)C2O)N(C)C1. The van der Waals surface area contributed by atoms with E-state index in [2.05, 4.69) is 12.2 Å². The van der Waals surface area contributed by atoms with E-state index in [1.54, 1.807) is 6.92 Å². The molecule has 1 amide bonds. The first-order chi connectivity index (χ1) is 13.4. The van der Waals surface area contributed by atoms with Gasteiger partial charge in [0, 0.05) is 12.8 Å². The van der Waals surface area contributed by atoms with Crippen LogP contribution in [0, 0.1) is 5.92 Å². The largest absolute Gasteiger partial charge is 0.388 e. The van der Waals surface area contributed by atoms with E-state index in [4.69, 9.17) is 16.3 Å². The number of likely N-dealkylation sites (tertiary alicyclic amines) is 1. The Hall–Kier alpha value is -0.490. The van der Waals surface area contributed by atoms with E-state index in [-0.39, 0.29) is 11.9 Å². The van der Waals surface area contributed by atoms with E-state index >= 15 is 0 Å². The van der Waals surface area contributed by atoms with Gasteiger partial charge in [0.15, 0.2) is 15.3 Å². The van der Waals surface area contributed by atoms with Crippen LogP contribution in [0.1, 0.15) is 33.1 Å². The van der Waals surface area contributed by atoms with Gasteiger partial charge in [-0.05, 0) is 32.7 Å². The molecule has 4 N–H and O–H groups in total. The number of alkyl halides is 1. The van der Waals surface area contributed by atoms with Crippen molar-refractivity contribution in [1.29, 1.82) is 0 Å². The van der Waals surface area contributed by atoms with E-state index < -0.39 is 51.1 Å². The third-order valence-corrected chi connectivity index (χ3v) is 7.33. The molecule has 0 spiro atoms. The zero-order chi connectivity index (χ0) is 22.1. The summed E-state index contributed by atoms with van der Waals surface area (Å²) in [5, 5.41) is 32.6. The van der Waals surface area contributed by atoms with Crippen LogP contribution in [0.25, 0.3) is 0 Å². The summed E-state index contributed by atoms with van der Waals surface area (Å²) in [6, 6.07) is -1.34. The van der Waals surface area contributed by atoms with Gasteiger partial charge >= 0.3 is 0 Å². The highest BCUT2D eigenvalue weighted by atomic mass is 35.5. The second-order valence-corrected chi connectivity index (χ2v) is 11.1. The smallest absolute Gasteiger partial charge is 0.237 e. The number of nitrogens with one attached hydrogen (secondary N) is 1. The van der Waals surface area contributed by atoms with Crippen LogP contribution < -0.4 is 5.32 Å². The Bertz CT molecular complexity index is 677. The van der Waals surface area contributed by atoms with Crippen molar-refractivity contribution in [2.24, 2.45) is 5.92 Å². The number of rotatable bonds is 7. The van der Waals surface area contributed by atoms with Crippen molar-refractivity contribution in [1.82, 2.24) is 10.2 Å². The third kappa shape index (κ3) is 5.61. The highest BCUT2D eigenvalue weighted by molar-refractivity contribution is 7.91. The van der Waals surface area contributed by atoms with Crippen LogP contribution in [-0.4, -0.2) is 102 Å². The van der Waals surface area contributed by atoms with Crippen LogP contribution in [0.5, 0.6) is 0 Å². The molecule has 0 bridgehead atoms. The van der Waals surface area contributed by atoms with Gasteiger partial charge in [-0.3, -0.25) is 9.69 Å². The van der Waals surface area contributed by atoms with Crippen molar-refractivity contribution in [3.05, 3.63) is 0 Å². The zero-order valence-corrected chi connectivity index (χ0v) is 18.8. The number of carbonyl (C=O) groups excluding carboxylic acids is 1. The lowest BCUT2D eigenvalue weighted by Gasteiger charge is -2.43. The molecule has 0 saturated carbocycles. The van der Waals surface area contributed by atoms with Gasteiger partial charge in [0.25, 0.3) is 0 Å². The van der Waals surface area contributed by atoms with Gasteiger partial charge in [-0.15, -0.1) is 11.6 Å². The van der Waals surface area contributed by atoms with Crippen LogP contribution in [-0.2, 0) is 19.4 Å². The van der Waals surface area contributed by atoms with Gasteiger partial charge < -0.3 is 25.4 Å². The Kier molecular flexibility index (Phi) is 8.34. The molecular weight excluding hydrogens is 424 g/mol. The maximum atomic E-state index is 12.9. The fourth-order valence-electron chi connectivity index (χ4n) is 4.27. The maximum Gasteiger partial charge on any atom is 0.237 e. The Labute approximate surface area is 177 Å². The quantitative estimate of drug-likeness (QED) is 0.361. The van der Waals surface area contributed by atoms with Gasteiger partial charge in [0.1, 0.15) is 24.4 Å². The fraction of sp³-hybridized carbons (Fsp3) is 0.944. The van der Waals surface area contributed by atoms with Gasteiger partial charge in [-0.2, -0.15) is 0 Å². The minimum atomic E-state index is -3.90. The number of carbonyl (C=O) groups is 1. The summed E-state index contributed by atoms with van der Waals surface area (Å²) < 4.78 is 29.4. The van der Waals surface area contributed by atoms with Crippen molar-refractivity contribution < 1.29 is 33.3 Å². The predicted octanol–water partition coefficient (Wildman–Crippen LogP) is -0.929. The molecule has 29 heavy (non-hydrogen) atoms. The van der Waals surface area contributed by atoms with E-state index in [0.29, 0.717) is 12.3 Å². The number of sulfone groups is 1. The van der Waals surface area contributed by atoms with E-state index in [9.17, 15) is 28.5 Å². The molecule has 9 atom stereocenters. The summed E-state index contributed by atoms with van der Waals surface area (Å²) in [6.45, 7) is 4.47. The number of likely N-dealkylation sites (N-methyl/N-ethyl adjacent to an activating group) is 1. The van der Waals surface area contributed by atoms with Crippen LogP contribution in [0.3, 0.4) is 0 Å². The molecule has 11 heteroatoms. The average molecular weight is 457 g/mol. The lowest BCUT2D eigenvalue weighted by atomic mass is 9.92. The van der Waals surface area contributed by atoms with Crippen molar-refractivity contribution >= 4 is 27.3 Å². The molecule has 9 nitrogen and oxygen atoms in total. The fourth-order valence-corrected chi connectivity index (χ4v) is 5.48. The first-order valence-electron chi connectivity index (χ1n) is 9.91. The standard InChI is InChI=1S/C18H33ClN2O7S/c1-5-6-10-7-11(21(3)8-10)17(25)20-12(9(2)19)16-14(23)13(22)15(24)18(28-16)29(4,26)27/h9-16,18,22-24H,5-8H2,1-4H3,(H,20,25). The number of hydrogen-bond donors (Lipinski definition) is 4. The van der Waals surface area contributed by atoms with Crippen molar-refractivity contribution in [2.45, 2.75) is 80.4 Å². The summed E-state index contributed by atoms with van der Waals surface area (Å²) in [5.41, 5.74) is -1.73. The van der Waals surface area contributed by atoms with Crippen LogP contribution in [0.2, 0.25) is 0 Å². The maximum absolute atomic E-state index is 12.9. The molecule has 170 valence electrons. The average Bonchev–Trinajstić information content (AvgIpc) is 2.97. The Morgan fingerprint density at radius 3 is 2.41 bits per heavy atom. The molecule has 9 unspecified atom stereocenters. The first-order valence-corrected chi connectivity index (χ1v) is 12.3. The molecule has 0 aromatic rings. The number of ether oxygens (including phenoxy) is 1. The van der Waals surface area contributed by atoms with E-state index in [1.165, 1.54) is 0 Å². The normalized spacial score (nSPS) is 38.6.